The van der Waals surface area contributed by atoms with Gasteiger partial charge in [0.15, 0.2) is 5.78 Å². The molecule has 0 saturated heterocycles. The molecule has 1 aromatic rings. The van der Waals surface area contributed by atoms with Crippen LogP contribution in [-0.4, -0.2) is 73.3 Å². The Labute approximate surface area is 244 Å². The van der Waals surface area contributed by atoms with Crippen molar-refractivity contribution in [2.75, 3.05) is 26.0 Å². The summed E-state index contributed by atoms with van der Waals surface area (Å²) in [5, 5.41) is 11.3. The molecule has 4 N–H and O–H groups in total. The first-order valence-electron chi connectivity index (χ1n) is 14.3. The molecule has 11 nitrogen and oxygen atoms in total. The Morgan fingerprint density at radius 1 is 0.854 bits per heavy atom. The number of nitrogens with zero attached hydrogens (tertiary/aromatic N) is 1. The lowest BCUT2D eigenvalue weighted by Gasteiger charge is -2.31. The van der Waals surface area contributed by atoms with Gasteiger partial charge in [-0.05, 0) is 69.8 Å². The number of likely N-dealkylation sites (N-methyl/N-ethyl adjacent to an activating group) is 1. The summed E-state index contributed by atoms with van der Waals surface area (Å²) in [6.07, 6.45) is 2.42. The van der Waals surface area contributed by atoms with E-state index in [4.69, 9.17) is 4.74 Å². The normalized spacial score (nSPS) is 13.2. The Bertz CT molecular complexity index is 1010. The first-order chi connectivity index (χ1) is 19.3. The van der Waals surface area contributed by atoms with Gasteiger partial charge < -0.3 is 26.0 Å². The van der Waals surface area contributed by atoms with E-state index < -0.39 is 30.1 Å². The average Bonchev–Trinajstić information content (AvgIpc) is 2.90. The number of anilines is 1. The van der Waals surface area contributed by atoms with Gasteiger partial charge >= 0.3 is 6.09 Å². The maximum atomic E-state index is 13.0. The molecule has 1 aromatic carbocycles. The van der Waals surface area contributed by atoms with Crippen molar-refractivity contribution < 1.29 is 28.7 Å². The SMILES string of the molecule is CNCCCCCC(=O)NC(C)C(=O)Nc1ccc(COC(=O)N(C)C(C(=O)NC(C(C)=O)C(C)C)C(C)C)cc1. The summed E-state index contributed by atoms with van der Waals surface area (Å²) in [7, 11) is 3.39. The third kappa shape index (κ3) is 12.7. The predicted molar refractivity (Wildman–Crippen MR) is 159 cm³/mol. The number of rotatable bonds is 17. The molecule has 0 fully saturated rings. The third-order valence-electron chi connectivity index (χ3n) is 6.69. The fraction of sp³-hybridized carbons (Fsp3) is 0.633. The minimum atomic E-state index is -0.818. The number of carbonyl (C=O) groups excluding carboxylic acids is 5. The van der Waals surface area contributed by atoms with Crippen molar-refractivity contribution in [3.05, 3.63) is 29.8 Å². The monoisotopic (exact) mass is 575 g/mol. The molecule has 0 radical (unpaired) electrons. The van der Waals surface area contributed by atoms with Crippen LogP contribution in [-0.2, 0) is 30.5 Å². The number of Topliss-reactive ketones (excluding diaryl/α,β-unsaturated/α-hetero) is 1. The summed E-state index contributed by atoms with van der Waals surface area (Å²) in [4.78, 5) is 63.5. The maximum absolute atomic E-state index is 13.0. The molecular formula is C30H49N5O6. The molecule has 3 atom stereocenters. The molecule has 230 valence electrons. The summed E-state index contributed by atoms with van der Waals surface area (Å²) in [5.41, 5.74) is 1.23. The molecule has 0 saturated carbocycles. The van der Waals surface area contributed by atoms with Crippen molar-refractivity contribution >= 4 is 35.3 Å². The second-order valence-corrected chi connectivity index (χ2v) is 11.1. The Morgan fingerprint density at radius 3 is 2.02 bits per heavy atom. The molecule has 0 aliphatic rings. The number of benzene rings is 1. The standard InChI is InChI=1S/C30H49N5O6/c1-19(2)26(22(6)36)34-29(39)27(20(3)4)35(8)30(40)41-18-23-13-15-24(16-14-23)33-28(38)21(5)32-25(37)12-10-9-11-17-31-7/h13-16,19-21,26-27,31H,9-12,17-18H2,1-8H3,(H,32,37)(H,33,38)(H,34,39). The zero-order valence-electron chi connectivity index (χ0n) is 25.8. The first-order valence-corrected chi connectivity index (χ1v) is 14.3. The Kier molecular flexibility index (Phi) is 15.7. The minimum absolute atomic E-state index is 0.0350. The van der Waals surface area contributed by atoms with E-state index >= 15 is 0 Å². The topological polar surface area (TPSA) is 146 Å². The summed E-state index contributed by atoms with van der Waals surface area (Å²) in [6, 6.07) is 4.65. The van der Waals surface area contributed by atoms with E-state index in [1.807, 2.05) is 34.7 Å². The molecule has 41 heavy (non-hydrogen) atoms. The van der Waals surface area contributed by atoms with Crippen molar-refractivity contribution in [1.29, 1.82) is 0 Å². The van der Waals surface area contributed by atoms with Gasteiger partial charge in [0, 0.05) is 19.2 Å². The number of unbranched alkanes of at least 4 members (excludes halogenated alkanes) is 2. The first kappa shape index (κ1) is 35.6. The average molecular weight is 576 g/mol. The highest BCUT2D eigenvalue weighted by molar-refractivity contribution is 5.97. The van der Waals surface area contributed by atoms with Gasteiger partial charge in [-0.3, -0.25) is 24.1 Å². The number of carbonyl (C=O) groups is 5. The molecular weight excluding hydrogens is 526 g/mol. The Morgan fingerprint density at radius 2 is 1.49 bits per heavy atom. The number of nitrogens with one attached hydrogen (secondary N) is 4. The van der Waals surface area contributed by atoms with E-state index in [0.717, 1.165) is 25.8 Å². The summed E-state index contributed by atoms with van der Waals surface area (Å²) in [5.74, 6) is -1.35. The molecule has 4 amide bonds. The Hall–Kier alpha value is -3.47. The molecule has 0 aromatic heterocycles. The molecule has 11 heteroatoms. The number of hydrogen-bond acceptors (Lipinski definition) is 7. The van der Waals surface area contributed by atoms with Crippen LogP contribution < -0.4 is 21.3 Å². The number of amides is 4. The van der Waals surface area contributed by atoms with Crippen LogP contribution >= 0.6 is 0 Å². The second-order valence-electron chi connectivity index (χ2n) is 11.1. The van der Waals surface area contributed by atoms with E-state index in [2.05, 4.69) is 21.3 Å². The van der Waals surface area contributed by atoms with Crippen LogP contribution in [0.3, 0.4) is 0 Å². The van der Waals surface area contributed by atoms with E-state index in [-0.39, 0.29) is 36.0 Å². The third-order valence-corrected chi connectivity index (χ3v) is 6.69. The van der Waals surface area contributed by atoms with E-state index in [9.17, 15) is 24.0 Å². The van der Waals surface area contributed by atoms with Crippen molar-refractivity contribution in [1.82, 2.24) is 20.9 Å². The van der Waals surface area contributed by atoms with Crippen molar-refractivity contribution in [2.24, 2.45) is 11.8 Å². The van der Waals surface area contributed by atoms with Crippen LogP contribution in [0.2, 0.25) is 0 Å². The largest absolute Gasteiger partial charge is 0.445 e. The van der Waals surface area contributed by atoms with Crippen LogP contribution in [0, 0.1) is 11.8 Å². The lowest BCUT2D eigenvalue weighted by Crippen LogP contribution is -2.55. The van der Waals surface area contributed by atoms with Gasteiger partial charge in [-0.2, -0.15) is 0 Å². The highest BCUT2D eigenvalue weighted by atomic mass is 16.6. The van der Waals surface area contributed by atoms with E-state index in [1.54, 1.807) is 31.2 Å². The van der Waals surface area contributed by atoms with Crippen molar-refractivity contribution in [2.45, 2.75) is 92.0 Å². The summed E-state index contributed by atoms with van der Waals surface area (Å²) < 4.78 is 5.43. The number of ether oxygens (including phenoxy) is 1. The molecule has 0 heterocycles. The smallest absolute Gasteiger partial charge is 0.410 e. The fourth-order valence-corrected chi connectivity index (χ4v) is 4.34. The van der Waals surface area contributed by atoms with Gasteiger partial charge in [0.2, 0.25) is 17.7 Å². The number of hydrogen-bond donors (Lipinski definition) is 4. The zero-order valence-corrected chi connectivity index (χ0v) is 25.8. The van der Waals surface area contributed by atoms with Gasteiger partial charge in [-0.25, -0.2) is 4.79 Å². The zero-order chi connectivity index (χ0) is 31.1. The lowest BCUT2D eigenvalue weighted by atomic mass is 9.97. The molecule has 1 rings (SSSR count). The number of ketones is 1. The van der Waals surface area contributed by atoms with Crippen LogP contribution in [0.4, 0.5) is 10.5 Å². The van der Waals surface area contributed by atoms with Gasteiger partial charge in [0.1, 0.15) is 18.7 Å². The van der Waals surface area contributed by atoms with Gasteiger partial charge in [-0.1, -0.05) is 46.2 Å². The molecule has 0 aliphatic carbocycles. The summed E-state index contributed by atoms with van der Waals surface area (Å²) in [6.45, 7) is 11.3. The van der Waals surface area contributed by atoms with Crippen LogP contribution in [0.5, 0.6) is 0 Å². The molecule has 3 unspecified atom stereocenters. The van der Waals surface area contributed by atoms with Gasteiger partial charge in [0.05, 0.1) is 6.04 Å². The quantitative estimate of drug-likeness (QED) is 0.209. The highest BCUT2D eigenvalue weighted by Crippen LogP contribution is 2.15. The van der Waals surface area contributed by atoms with Crippen molar-refractivity contribution in [3.63, 3.8) is 0 Å². The van der Waals surface area contributed by atoms with Crippen LogP contribution in [0.25, 0.3) is 0 Å². The van der Waals surface area contributed by atoms with Crippen molar-refractivity contribution in [3.8, 4) is 0 Å². The van der Waals surface area contributed by atoms with E-state index in [1.165, 1.54) is 18.9 Å². The lowest BCUT2D eigenvalue weighted by molar-refractivity contribution is -0.131. The van der Waals surface area contributed by atoms with Crippen LogP contribution in [0.1, 0.15) is 72.8 Å². The predicted octanol–water partition coefficient (Wildman–Crippen LogP) is 3.23. The molecule has 0 aliphatic heterocycles. The van der Waals surface area contributed by atoms with E-state index in [0.29, 0.717) is 17.7 Å². The maximum Gasteiger partial charge on any atom is 0.410 e. The van der Waals surface area contributed by atoms with Gasteiger partial charge in [0.25, 0.3) is 0 Å². The molecule has 0 bridgehead atoms. The second kappa shape index (κ2) is 18.1. The highest BCUT2D eigenvalue weighted by Gasteiger charge is 2.33. The van der Waals surface area contributed by atoms with Gasteiger partial charge in [-0.15, -0.1) is 0 Å². The molecule has 0 spiro atoms. The minimum Gasteiger partial charge on any atom is -0.445 e. The Balaban J connectivity index is 2.62. The fourth-order valence-electron chi connectivity index (χ4n) is 4.34. The summed E-state index contributed by atoms with van der Waals surface area (Å²) >= 11 is 0. The van der Waals surface area contributed by atoms with Crippen LogP contribution in [0.15, 0.2) is 24.3 Å².